The van der Waals surface area contributed by atoms with Crippen molar-refractivity contribution in [2.75, 3.05) is 14.2 Å². The molecule has 0 spiro atoms. The van der Waals surface area contributed by atoms with Gasteiger partial charge in [-0.1, -0.05) is 12.1 Å². The molecule has 3 nitrogen and oxygen atoms in total. The molecule has 0 saturated heterocycles. The van der Waals surface area contributed by atoms with Crippen LogP contribution in [0.4, 0.5) is 8.78 Å². The van der Waals surface area contributed by atoms with Crippen molar-refractivity contribution >= 4 is 5.97 Å². The average molecular weight is 278 g/mol. The summed E-state index contributed by atoms with van der Waals surface area (Å²) in [5.74, 6) is -1.90. The number of ether oxygens (including phenoxy) is 2. The van der Waals surface area contributed by atoms with Crippen molar-refractivity contribution in [3.05, 3.63) is 53.6 Å². The Morgan fingerprint density at radius 2 is 1.85 bits per heavy atom. The van der Waals surface area contributed by atoms with E-state index in [-0.39, 0.29) is 22.4 Å². The van der Waals surface area contributed by atoms with Crippen LogP contribution >= 0.6 is 0 Å². The lowest BCUT2D eigenvalue weighted by molar-refractivity contribution is 0.0600. The zero-order valence-corrected chi connectivity index (χ0v) is 10.9. The van der Waals surface area contributed by atoms with Crippen molar-refractivity contribution in [1.29, 1.82) is 0 Å². The minimum absolute atomic E-state index is 0.0183. The largest absolute Gasteiger partial charge is 0.494 e. The summed E-state index contributed by atoms with van der Waals surface area (Å²) in [6.07, 6.45) is 0. The van der Waals surface area contributed by atoms with E-state index in [0.717, 1.165) is 12.1 Å². The van der Waals surface area contributed by atoms with Gasteiger partial charge in [0.1, 0.15) is 5.82 Å². The fraction of sp³-hybridized carbons (Fsp3) is 0.133. The Labute approximate surface area is 114 Å². The van der Waals surface area contributed by atoms with E-state index in [1.807, 2.05) is 0 Å². The van der Waals surface area contributed by atoms with Gasteiger partial charge >= 0.3 is 5.97 Å². The molecule has 0 atom stereocenters. The Morgan fingerprint density at radius 1 is 1.10 bits per heavy atom. The van der Waals surface area contributed by atoms with Gasteiger partial charge in [0.25, 0.3) is 0 Å². The van der Waals surface area contributed by atoms with E-state index < -0.39 is 17.6 Å². The zero-order valence-electron chi connectivity index (χ0n) is 10.9. The summed E-state index contributed by atoms with van der Waals surface area (Å²) in [5.41, 5.74) is 0.403. The van der Waals surface area contributed by atoms with Crippen molar-refractivity contribution < 1.29 is 23.0 Å². The predicted molar refractivity (Wildman–Crippen MR) is 69.7 cm³/mol. The van der Waals surface area contributed by atoms with Gasteiger partial charge in [0.05, 0.1) is 19.8 Å². The molecule has 0 heterocycles. The smallest absolute Gasteiger partial charge is 0.337 e. The molecule has 2 aromatic rings. The minimum atomic E-state index is -0.686. The van der Waals surface area contributed by atoms with Crippen LogP contribution in [0.15, 0.2) is 36.4 Å². The topological polar surface area (TPSA) is 35.5 Å². The molecule has 0 unspecified atom stereocenters. The molecule has 0 fully saturated rings. The summed E-state index contributed by atoms with van der Waals surface area (Å²) in [7, 11) is 2.53. The lowest BCUT2D eigenvalue weighted by atomic mass is 10.0. The first-order valence-electron chi connectivity index (χ1n) is 5.78. The van der Waals surface area contributed by atoms with Crippen LogP contribution in [0.1, 0.15) is 10.4 Å². The second-order valence-corrected chi connectivity index (χ2v) is 4.04. The highest BCUT2D eigenvalue weighted by molar-refractivity contribution is 5.91. The first-order chi connectivity index (χ1) is 9.56. The standard InChI is InChI=1S/C15H12F2O3/c1-19-13-5-3-4-12(14(13)17)9-6-10(15(18)20-2)8-11(16)7-9/h3-8H,1-2H3. The third kappa shape index (κ3) is 2.61. The highest BCUT2D eigenvalue weighted by Crippen LogP contribution is 2.30. The third-order valence-corrected chi connectivity index (χ3v) is 2.81. The molecule has 0 saturated carbocycles. The number of benzene rings is 2. The van der Waals surface area contributed by atoms with Gasteiger partial charge < -0.3 is 9.47 Å². The molecular formula is C15H12F2O3. The molecule has 0 radical (unpaired) electrons. The Balaban J connectivity index is 2.58. The minimum Gasteiger partial charge on any atom is -0.494 e. The third-order valence-electron chi connectivity index (χ3n) is 2.81. The van der Waals surface area contributed by atoms with E-state index in [1.54, 1.807) is 6.07 Å². The van der Waals surface area contributed by atoms with E-state index in [0.29, 0.717) is 0 Å². The summed E-state index contributed by atoms with van der Waals surface area (Å²) in [4.78, 5) is 11.4. The molecule has 0 amide bonds. The molecule has 0 aliphatic carbocycles. The maximum atomic E-state index is 14.1. The van der Waals surface area contributed by atoms with Crippen molar-refractivity contribution in [3.63, 3.8) is 0 Å². The number of hydrogen-bond acceptors (Lipinski definition) is 3. The second-order valence-electron chi connectivity index (χ2n) is 4.04. The van der Waals surface area contributed by atoms with Gasteiger partial charge in [-0.2, -0.15) is 0 Å². The SMILES string of the molecule is COC(=O)c1cc(F)cc(-c2cccc(OC)c2F)c1. The number of carbonyl (C=O) groups is 1. The maximum Gasteiger partial charge on any atom is 0.337 e. The monoisotopic (exact) mass is 278 g/mol. The number of methoxy groups -OCH3 is 2. The van der Waals surface area contributed by atoms with Crippen molar-refractivity contribution in [1.82, 2.24) is 0 Å². The van der Waals surface area contributed by atoms with Crippen molar-refractivity contribution in [2.24, 2.45) is 0 Å². The van der Waals surface area contributed by atoms with E-state index in [9.17, 15) is 13.6 Å². The van der Waals surface area contributed by atoms with Crippen LogP contribution in [0.25, 0.3) is 11.1 Å². The zero-order chi connectivity index (χ0) is 14.7. The lowest BCUT2D eigenvalue weighted by Gasteiger charge is -2.09. The molecular weight excluding hydrogens is 266 g/mol. The number of halogens is 2. The van der Waals surface area contributed by atoms with E-state index in [1.165, 1.54) is 32.4 Å². The van der Waals surface area contributed by atoms with E-state index >= 15 is 0 Å². The molecule has 5 heteroatoms. The number of esters is 1. The van der Waals surface area contributed by atoms with E-state index in [4.69, 9.17) is 4.74 Å². The van der Waals surface area contributed by atoms with Crippen LogP contribution in [-0.2, 0) is 4.74 Å². The van der Waals surface area contributed by atoms with Crippen LogP contribution < -0.4 is 4.74 Å². The molecule has 0 aliphatic rings. The van der Waals surface area contributed by atoms with E-state index in [2.05, 4.69) is 4.74 Å². The van der Waals surface area contributed by atoms with Gasteiger partial charge in [-0.15, -0.1) is 0 Å². The van der Waals surface area contributed by atoms with Crippen LogP contribution in [0, 0.1) is 11.6 Å². The first-order valence-corrected chi connectivity index (χ1v) is 5.78. The van der Waals surface area contributed by atoms with Crippen LogP contribution in [0.3, 0.4) is 0 Å². The van der Waals surface area contributed by atoms with Crippen molar-refractivity contribution in [2.45, 2.75) is 0 Å². The second kappa shape index (κ2) is 5.69. The lowest BCUT2D eigenvalue weighted by Crippen LogP contribution is -2.02. The summed E-state index contributed by atoms with van der Waals surface area (Å²) < 4.78 is 37.1. The molecule has 0 bridgehead atoms. The normalized spacial score (nSPS) is 10.2. The summed E-state index contributed by atoms with van der Waals surface area (Å²) in [5, 5.41) is 0. The van der Waals surface area contributed by atoms with Gasteiger partial charge in [0.2, 0.25) is 0 Å². The van der Waals surface area contributed by atoms with Gasteiger partial charge in [0, 0.05) is 5.56 Å². The molecule has 104 valence electrons. The Hall–Kier alpha value is -2.43. The first kappa shape index (κ1) is 14.0. The summed E-state index contributed by atoms with van der Waals surface area (Å²) in [6, 6.07) is 8.07. The Kier molecular flexibility index (Phi) is 3.98. The van der Waals surface area contributed by atoms with Crippen LogP contribution in [0.2, 0.25) is 0 Å². The molecule has 0 aromatic heterocycles. The maximum absolute atomic E-state index is 14.1. The predicted octanol–water partition coefficient (Wildman–Crippen LogP) is 3.43. The fourth-order valence-electron chi connectivity index (χ4n) is 1.87. The van der Waals surface area contributed by atoms with Crippen LogP contribution in [0.5, 0.6) is 5.75 Å². The van der Waals surface area contributed by atoms with Gasteiger partial charge in [0.15, 0.2) is 11.6 Å². The highest BCUT2D eigenvalue weighted by atomic mass is 19.1. The molecule has 0 aliphatic heterocycles. The van der Waals surface area contributed by atoms with Crippen LogP contribution in [-0.4, -0.2) is 20.2 Å². The summed E-state index contributed by atoms with van der Waals surface area (Å²) in [6.45, 7) is 0. The van der Waals surface area contributed by atoms with Gasteiger partial charge in [-0.05, 0) is 29.8 Å². The number of hydrogen-bond donors (Lipinski definition) is 0. The average Bonchev–Trinajstić information content (AvgIpc) is 2.46. The van der Waals surface area contributed by atoms with Gasteiger partial charge in [-0.3, -0.25) is 0 Å². The van der Waals surface area contributed by atoms with Gasteiger partial charge in [-0.25, -0.2) is 13.6 Å². The summed E-state index contributed by atoms with van der Waals surface area (Å²) >= 11 is 0. The Bertz CT molecular complexity index is 654. The molecule has 2 aromatic carbocycles. The molecule has 2 rings (SSSR count). The fourth-order valence-corrected chi connectivity index (χ4v) is 1.87. The Morgan fingerprint density at radius 3 is 2.50 bits per heavy atom. The van der Waals surface area contributed by atoms with Crippen molar-refractivity contribution in [3.8, 4) is 16.9 Å². The number of carbonyl (C=O) groups excluding carboxylic acids is 1. The highest BCUT2D eigenvalue weighted by Gasteiger charge is 2.14. The number of rotatable bonds is 3. The quantitative estimate of drug-likeness (QED) is 0.807. The molecule has 0 N–H and O–H groups in total. The molecule has 20 heavy (non-hydrogen) atoms.